The Morgan fingerprint density at radius 2 is 1.61 bits per heavy atom. The number of hydrogen-bond acceptors (Lipinski definition) is 3. The second kappa shape index (κ2) is 9.92. The maximum atomic E-state index is 13.1. The van der Waals surface area contributed by atoms with Gasteiger partial charge in [0.2, 0.25) is 5.91 Å². The van der Waals surface area contributed by atoms with Gasteiger partial charge >= 0.3 is 0 Å². The van der Waals surface area contributed by atoms with E-state index in [1.807, 2.05) is 35.9 Å². The molecular weight excluding hydrogens is 384 g/mol. The largest absolute Gasteiger partial charge is 0.351 e. The Bertz CT molecular complexity index is 997. The molecule has 3 aromatic rings. The summed E-state index contributed by atoms with van der Waals surface area (Å²) in [4.78, 5) is 15.4. The molecule has 1 amide bonds. The first-order chi connectivity index (χ1) is 15.1. The minimum absolute atomic E-state index is 0.0612. The molecule has 1 atom stereocenters. The number of nitrogens with zero attached hydrogens (tertiary/aromatic N) is 3. The van der Waals surface area contributed by atoms with Crippen molar-refractivity contribution in [3.63, 3.8) is 0 Å². The first-order valence-corrected chi connectivity index (χ1v) is 11.2. The minimum Gasteiger partial charge on any atom is -0.351 e. The van der Waals surface area contributed by atoms with Gasteiger partial charge in [-0.05, 0) is 44.4 Å². The highest BCUT2D eigenvalue weighted by Gasteiger charge is 2.28. The monoisotopic (exact) mass is 416 g/mol. The predicted octanol–water partition coefficient (Wildman–Crippen LogP) is 4.22. The van der Waals surface area contributed by atoms with Crippen molar-refractivity contribution in [2.45, 2.75) is 58.8 Å². The lowest BCUT2D eigenvalue weighted by Gasteiger charge is -2.34. The van der Waals surface area contributed by atoms with Gasteiger partial charge in [0.25, 0.3) is 0 Å². The fourth-order valence-electron chi connectivity index (χ4n) is 4.49. The molecule has 1 aliphatic heterocycles. The second-order valence-corrected chi connectivity index (χ2v) is 8.48. The van der Waals surface area contributed by atoms with Crippen LogP contribution in [0.3, 0.4) is 0 Å². The topological polar surface area (TPSA) is 50.2 Å². The minimum atomic E-state index is -0.0612. The lowest BCUT2D eigenvalue weighted by molar-refractivity contribution is -0.128. The van der Waals surface area contributed by atoms with E-state index >= 15 is 0 Å². The molecule has 1 N–H and O–H groups in total. The van der Waals surface area contributed by atoms with Crippen molar-refractivity contribution < 1.29 is 4.79 Å². The van der Waals surface area contributed by atoms with Crippen LogP contribution in [-0.4, -0.2) is 33.2 Å². The van der Waals surface area contributed by atoms with Gasteiger partial charge < -0.3 is 5.32 Å². The molecular formula is C26H32N4O. The summed E-state index contributed by atoms with van der Waals surface area (Å²) in [6, 6.07) is 20.7. The SMILES string of the molecule is Cc1nn(Cc2ccccc2)c(C)c1CNC(=O)[C@@H]1CCCCN1Cc1ccccc1. The third-order valence-corrected chi connectivity index (χ3v) is 6.29. The summed E-state index contributed by atoms with van der Waals surface area (Å²) in [5.41, 5.74) is 5.71. The van der Waals surface area contributed by atoms with Crippen LogP contribution in [0.15, 0.2) is 60.7 Å². The first kappa shape index (κ1) is 21.3. The fraction of sp³-hybridized carbons (Fsp3) is 0.385. The van der Waals surface area contributed by atoms with Gasteiger partial charge in [0.15, 0.2) is 0 Å². The van der Waals surface area contributed by atoms with E-state index in [1.165, 1.54) is 11.1 Å². The van der Waals surface area contributed by atoms with E-state index in [2.05, 4.69) is 53.5 Å². The van der Waals surface area contributed by atoms with Crippen LogP contribution in [-0.2, 0) is 24.4 Å². The van der Waals surface area contributed by atoms with E-state index in [4.69, 9.17) is 5.10 Å². The van der Waals surface area contributed by atoms with Crippen molar-refractivity contribution in [2.75, 3.05) is 6.54 Å². The molecule has 1 saturated heterocycles. The number of likely N-dealkylation sites (tertiary alicyclic amines) is 1. The molecule has 2 heterocycles. The van der Waals surface area contributed by atoms with E-state index in [0.717, 1.165) is 55.8 Å². The van der Waals surface area contributed by atoms with Gasteiger partial charge in [-0.3, -0.25) is 14.4 Å². The van der Waals surface area contributed by atoms with Crippen LogP contribution in [0.4, 0.5) is 0 Å². The lowest BCUT2D eigenvalue weighted by atomic mass is 10.00. The molecule has 0 radical (unpaired) electrons. The van der Waals surface area contributed by atoms with Crippen LogP contribution >= 0.6 is 0 Å². The average Bonchev–Trinajstić information content (AvgIpc) is 3.06. The van der Waals surface area contributed by atoms with Crippen molar-refractivity contribution >= 4 is 5.91 Å². The van der Waals surface area contributed by atoms with Crippen molar-refractivity contribution in [3.8, 4) is 0 Å². The van der Waals surface area contributed by atoms with Crippen LogP contribution < -0.4 is 5.32 Å². The number of rotatable bonds is 7. The van der Waals surface area contributed by atoms with E-state index in [0.29, 0.717) is 6.54 Å². The van der Waals surface area contributed by atoms with Crippen molar-refractivity contribution in [3.05, 3.63) is 88.7 Å². The predicted molar refractivity (Wildman–Crippen MR) is 124 cm³/mol. The molecule has 162 valence electrons. The standard InChI is InChI=1S/C26H32N4O/c1-20-24(21(2)30(28-20)19-23-13-7-4-8-14-23)17-27-26(31)25-15-9-10-16-29(25)18-22-11-5-3-6-12-22/h3-8,11-14,25H,9-10,15-19H2,1-2H3,(H,27,31)/t25-/m0/s1. The number of nitrogens with one attached hydrogen (secondary N) is 1. The molecule has 0 spiro atoms. The summed E-state index contributed by atoms with van der Waals surface area (Å²) < 4.78 is 2.04. The summed E-state index contributed by atoms with van der Waals surface area (Å²) in [5.74, 6) is 0.130. The lowest BCUT2D eigenvalue weighted by Crippen LogP contribution is -2.48. The number of piperidine rings is 1. The molecule has 1 aliphatic rings. The number of aromatic nitrogens is 2. The Balaban J connectivity index is 1.40. The number of hydrogen-bond donors (Lipinski definition) is 1. The van der Waals surface area contributed by atoms with Crippen LogP contribution in [0.1, 0.15) is 47.3 Å². The third-order valence-electron chi connectivity index (χ3n) is 6.29. The number of benzene rings is 2. The number of carbonyl (C=O) groups is 1. The van der Waals surface area contributed by atoms with Gasteiger partial charge in [-0.2, -0.15) is 5.10 Å². The van der Waals surface area contributed by atoms with Crippen molar-refractivity contribution in [2.24, 2.45) is 0 Å². The summed E-state index contributed by atoms with van der Waals surface area (Å²) in [6.07, 6.45) is 3.18. The molecule has 2 aromatic carbocycles. The second-order valence-electron chi connectivity index (χ2n) is 8.48. The maximum Gasteiger partial charge on any atom is 0.237 e. The Hall–Kier alpha value is -2.92. The molecule has 0 aliphatic carbocycles. The Labute approximate surface area is 185 Å². The molecule has 4 rings (SSSR count). The van der Waals surface area contributed by atoms with Crippen molar-refractivity contribution in [1.29, 1.82) is 0 Å². The normalized spacial score (nSPS) is 16.9. The smallest absolute Gasteiger partial charge is 0.237 e. The van der Waals surface area contributed by atoms with E-state index in [1.54, 1.807) is 0 Å². The highest BCUT2D eigenvalue weighted by atomic mass is 16.2. The van der Waals surface area contributed by atoms with Crippen LogP contribution in [0.25, 0.3) is 0 Å². The zero-order valence-electron chi connectivity index (χ0n) is 18.6. The highest BCUT2D eigenvalue weighted by molar-refractivity contribution is 5.81. The average molecular weight is 417 g/mol. The Morgan fingerprint density at radius 1 is 0.968 bits per heavy atom. The van der Waals surface area contributed by atoms with Crippen LogP contribution in [0.5, 0.6) is 0 Å². The van der Waals surface area contributed by atoms with Gasteiger partial charge in [-0.1, -0.05) is 67.1 Å². The quantitative estimate of drug-likeness (QED) is 0.627. The number of amides is 1. The molecule has 31 heavy (non-hydrogen) atoms. The molecule has 5 nitrogen and oxygen atoms in total. The van der Waals surface area contributed by atoms with Crippen LogP contribution in [0.2, 0.25) is 0 Å². The number of aryl methyl sites for hydroxylation is 1. The van der Waals surface area contributed by atoms with E-state index in [-0.39, 0.29) is 11.9 Å². The molecule has 0 bridgehead atoms. The van der Waals surface area contributed by atoms with Gasteiger partial charge in [0.05, 0.1) is 18.3 Å². The van der Waals surface area contributed by atoms with Gasteiger partial charge in [-0.15, -0.1) is 0 Å². The van der Waals surface area contributed by atoms with E-state index < -0.39 is 0 Å². The molecule has 1 fully saturated rings. The molecule has 1 aromatic heterocycles. The summed E-state index contributed by atoms with van der Waals surface area (Å²) >= 11 is 0. The summed E-state index contributed by atoms with van der Waals surface area (Å²) in [7, 11) is 0. The molecule has 0 saturated carbocycles. The highest BCUT2D eigenvalue weighted by Crippen LogP contribution is 2.21. The van der Waals surface area contributed by atoms with Gasteiger partial charge in [0.1, 0.15) is 0 Å². The van der Waals surface area contributed by atoms with Gasteiger partial charge in [0, 0.05) is 24.3 Å². The van der Waals surface area contributed by atoms with E-state index in [9.17, 15) is 4.79 Å². The molecule has 5 heteroatoms. The number of carbonyl (C=O) groups excluding carboxylic acids is 1. The zero-order valence-corrected chi connectivity index (χ0v) is 18.6. The summed E-state index contributed by atoms with van der Waals surface area (Å²) in [6.45, 7) is 7.19. The fourth-order valence-corrected chi connectivity index (χ4v) is 4.49. The first-order valence-electron chi connectivity index (χ1n) is 11.2. The Kier molecular flexibility index (Phi) is 6.82. The maximum absolute atomic E-state index is 13.1. The van der Waals surface area contributed by atoms with Crippen molar-refractivity contribution in [1.82, 2.24) is 20.0 Å². The van der Waals surface area contributed by atoms with Gasteiger partial charge in [-0.25, -0.2) is 0 Å². The van der Waals surface area contributed by atoms with Crippen LogP contribution in [0, 0.1) is 13.8 Å². The zero-order chi connectivity index (χ0) is 21.6. The molecule has 0 unspecified atom stereocenters. The third kappa shape index (κ3) is 5.23. The summed E-state index contributed by atoms with van der Waals surface area (Å²) in [5, 5.41) is 7.93. The Morgan fingerprint density at radius 3 is 2.29 bits per heavy atom.